The van der Waals surface area contributed by atoms with Crippen molar-refractivity contribution in [3.8, 4) is 0 Å². The molecular formula is C11H15N3OS. The molecule has 4 nitrogen and oxygen atoms in total. The lowest BCUT2D eigenvalue weighted by molar-refractivity contribution is -0.117. The van der Waals surface area contributed by atoms with E-state index in [1.165, 1.54) is 0 Å². The van der Waals surface area contributed by atoms with E-state index in [2.05, 4.69) is 17.6 Å². The Morgan fingerprint density at radius 1 is 1.56 bits per heavy atom. The van der Waals surface area contributed by atoms with Crippen molar-refractivity contribution in [3.63, 3.8) is 0 Å². The van der Waals surface area contributed by atoms with Crippen LogP contribution in [0.2, 0.25) is 0 Å². The SMILES string of the molecule is CN(C)c1ncccc1N1CC(S)CC1=O. The fourth-order valence-corrected chi connectivity index (χ4v) is 2.18. The van der Waals surface area contributed by atoms with E-state index >= 15 is 0 Å². The van der Waals surface area contributed by atoms with E-state index in [1.54, 1.807) is 11.1 Å². The van der Waals surface area contributed by atoms with Crippen LogP contribution in [-0.2, 0) is 4.79 Å². The molecule has 1 aliphatic rings. The van der Waals surface area contributed by atoms with Gasteiger partial charge in [-0.15, -0.1) is 0 Å². The second-order valence-electron chi connectivity index (χ2n) is 4.10. The third-order valence-corrected chi connectivity index (χ3v) is 2.93. The van der Waals surface area contributed by atoms with Crippen LogP contribution in [0, 0.1) is 0 Å². The molecule has 0 saturated carbocycles. The first-order valence-corrected chi connectivity index (χ1v) is 5.72. The summed E-state index contributed by atoms with van der Waals surface area (Å²) in [4.78, 5) is 19.8. The molecule has 1 atom stereocenters. The second-order valence-corrected chi connectivity index (χ2v) is 4.83. The summed E-state index contributed by atoms with van der Waals surface area (Å²) in [5, 5.41) is 0.128. The standard InChI is InChI=1S/C11H15N3OS/c1-13(2)11-9(4-3-5-12-11)14-7-8(16)6-10(14)15/h3-5,8,16H,6-7H2,1-2H3. The van der Waals surface area contributed by atoms with Crippen LogP contribution in [0.4, 0.5) is 11.5 Å². The molecule has 1 amide bonds. The fourth-order valence-electron chi connectivity index (χ4n) is 1.87. The van der Waals surface area contributed by atoms with E-state index in [9.17, 15) is 4.79 Å². The normalized spacial score (nSPS) is 20.3. The first-order valence-electron chi connectivity index (χ1n) is 5.20. The first-order chi connectivity index (χ1) is 7.59. The van der Waals surface area contributed by atoms with Gasteiger partial charge in [0.25, 0.3) is 0 Å². The molecule has 16 heavy (non-hydrogen) atoms. The highest BCUT2D eigenvalue weighted by Gasteiger charge is 2.30. The van der Waals surface area contributed by atoms with Crippen LogP contribution in [0.3, 0.4) is 0 Å². The van der Waals surface area contributed by atoms with Crippen LogP contribution in [0.25, 0.3) is 0 Å². The number of carbonyl (C=O) groups excluding carboxylic acids is 1. The van der Waals surface area contributed by atoms with Gasteiger partial charge in [-0.1, -0.05) is 0 Å². The number of thiol groups is 1. The van der Waals surface area contributed by atoms with Gasteiger partial charge in [-0.3, -0.25) is 4.79 Å². The smallest absolute Gasteiger partial charge is 0.228 e. The minimum absolute atomic E-state index is 0.121. The molecule has 1 unspecified atom stereocenters. The molecule has 0 N–H and O–H groups in total. The number of rotatable bonds is 2. The molecule has 86 valence electrons. The van der Waals surface area contributed by atoms with E-state index in [-0.39, 0.29) is 11.2 Å². The highest BCUT2D eigenvalue weighted by molar-refractivity contribution is 7.81. The van der Waals surface area contributed by atoms with Crippen molar-refractivity contribution in [2.75, 3.05) is 30.4 Å². The summed E-state index contributed by atoms with van der Waals surface area (Å²) in [6.45, 7) is 0.661. The largest absolute Gasteiger partial charge is 0.361 e. The van der Waals surface area contributed by atoms with Gasteiger partial charge in [0.15, 0.2) is 5.82 Å². The van der Waals surface area contributed by atoms with Crippen LogP contribution in [-0.4, -0.2) is 36.8 Å². The van der Waals surface area contributed by atoms with Crippen molar-refractivity contribution < 1.29 is 4.79 Å². The topological polar surface area (TPSA) is 36.4 Å². The number of hydrogen-bond donors (Lipinski definition) is 1. The zero-order chi connectivity index (χ0) is 11.7. The lowest BCUT2D eigenvalue weighted by Crippen LogP contribution is -2.27. The van der Waals surface area contributed by atoms with Crippen LogP contribution in [0.5, 0.6) is 0 Å². The lowest BCUT2D eigenvalue weighted by Gasteiger charge is -2.22. The van der Waals surface area contributed by atoms with Gasteiger partial charge in [-0.25, -0.2) is 4.98 Å². The summed E-state index contributed by atoms with van der Waals surface area (Å²) in [5.41, 5.74) is 0.869. The van der Waals surface area contributed by atoms with Gasteiger partial charge in [0, 0.05) is 38.5 Å². The molecule has 5 heteroatoms. The van der Waals surface area contributed by atoms with Gasteiger partial charge in [-0.05, 0) is 12.1 Å². The Morgan fingerprint density at radius 3 is 2.88 bits per heavy atom. The Balaban J connectivity index is 2.36. The summed E-state index contributed by atoms with van der Waals surface area (Å²) < 4.78 is 0. The van der Waals surface area contributed by atoms with Crippen molar-refractivity contribution in [1.82, 2.24) is 4.98 Å². The molecule has 0 bridgehead atoms. The average molecular weight is 237 g/mol. The quantitative estimate of drug-likeness (QED) is 0.785. The Labute approximate surface area is 101 Å². The van der Waals surface area contributed by atoms with Crippen molar-refractivity contribution in [2.24, 2.45) is 0 Å². The van der Waals surface area contributed by atoms with Gasteiger partial charge in [0.2, 0.25) is 5.91 Å². The van der Waals surface area contributed by atoms with Gasteiger partial charge < -0.3 is 9.80 Å². The van der Waals surface area contributed by atoms with E-state index < -0.39 is 0 Å². The molecule has 2 heterocycles. The lowest BCUT2D eigenvalue weighted by atomic mass is 10.3. The minimum atomic E-state index is 0.121. The summed E-state index contributed by atoms with van der Waals surface area (Å²) in [7, 11) is 3.84. The summed E-state index contributed by atoms with van der Waals surface area (Å²) in [6, 6.07) is 3.77. The number of pyridine rings is 1. The number of carbonyl (C=O) groups is 1. The third-order valence-electron chi connectivity index (χ3n) is 2.59. The van der Waals surface area contributed by atoms with E-state index in [0.29, 0.717) is 13.0 Å². The maximum atomic E-state index is 11.8. The minimum Gasteiger partial charge on any atom is -0.361 e. The highest BCUT2D eigenvalue weighted by atomic mass is 32.1. The maximum absolute atomic E-state index is 11.8. The average Bonchev–Trinajstić information content (AvgIpc) is 2.57. The monoisotopic (exact) mass is 237 g/mol. The molecule has 1 aliphatic heterocycles. The molecular weight excluding hydrogens is 222 g/mol. The molecule has 0 aromatic carbocycles. The molecule has 2 rings (SSSR count). The highest BCUT2D eigenvalue weighted by Crippen LogP contribution is 2.30. The van der Waals surface area contributed by atoms with E-state index in [1.807, 2.05) is 31.1 Å². The number of aromatic nitrogens is 1. The van der Waals surface area contributed by atoms with Gasteiger partial charge >= 0.3 is 0 Å². The zero-order valence-electron chi connectivity index (χ0n) is 9.42. The Bertz CT molecular complexity index is 408. The van der Waals surface area contributed by atoms with Crippen LogP contribution in [0.1, 0.15) is 6.42 Å². The second kappa shape index (κ2) is 4.33. The maximum Gasteiger partial charge on any atom is 0.228 e. The predicted octanol–water partition coefficient (Wildman–Crippen LogP) is 1.18. The number of anilines is 2. The molecule has 1 fully saturated rings. The van der Waals surface area contributed by atoms with Crippen molar-refractivity contribution in [2.45, 2.75) is 11.7 Å². The fraction of sp³-hybridized carbons (Fsp3) is 0.455. The number of nitrogens with zero attached hydrogens (tertiary/aromatic N) is 3. The van der Waals surface area contributed by atoms with Crippen LogP contribution in [0.15, 0.2) is 18.3 Å². The Morgan fingerprint density at radius 2 is 2.31 bits per heavy atom. The molecule has 0 spiro atoms. The Kier molecular flexibility index (Phi) is 3.05. The number of hydrogen-bond acceptors (Lipinski definition) is 4. The van der Waals surface area contributed by atoms with Gasteiger partial charge in [-0.2, -0.15) is 12.6 Å². The van der Waals surface area contributed by atoms with Crippen molar-refractivity contribution in [3.05, 3.63) is 18.3 Å². The van der Waals surface area contributed by atoms with Crippen LogP contribution >= 0.6 is 12.6 Å². The molecule has 0 aliphatic carbocycles. The zero-order valence-corrected chi connectivity index (χ0v) is 10.3. The van der Waals surface area contributed by atoms with E-state index in [0.717, 1.165) is 11.5 Å². The molecule has 0 radical (unpaired) electrons. The summed E-state index contributed by atoms with van der Waals surface area (Å²) in [5.74, 6) is 0.939. The Hall–Kier alpha value is -1.23. The summed E-state index contributed by atoms with van der Waals surface area (Å²) >= 11 is 4.35. The predicted molar refractivity (Wildman–Crippen MR) is 68.3 cm³/mol. The molecule has 1 saturated heterocycles. The molecule has 1 aromatic heterocycles. The molecule has 1 aromatic rings. The van der Waals surface area contributed by atoms with Crippen molar-refractivity contribution >= 4 is 30.0 Å². The first kappa shape index (κ1) is 11.3. The summed E-state index contributed by atoms with van der Waals surface area (Å²) in [6.07, 6.45) is 2.24. The third kappa shape index (κ3) is 2.00. The van der Waals surface area contributed by atoms with Gasteiger partial charge in [0.1, 0.15) is 0 Å². The van der Waals surface area contributed by atoms with Crippen LogP contribution < -0.4 is 9.80 Å². The van der Waals surface area contributed by atoms with Crippen molar-refractivity contribution in [1.29, 1.82) is 0 Å². The van der Waals surface area contributed by atoms with Gasteiger partial charge in [0.05, 0.1) is 5.69 Å². The number of amides is 1. The van der Waals surface area contributed by atoms with E-state index in [4.69, 9.17) is 0 Å².